The topological polar surface area (TPSA) is 72.5 Å². The fraction of sp³-hybridized carbons (Fsp3) is 0.500. The van der Waals surface area contributed by atoms with Gasteiger partial charge in [0.2, 0.25) is 10.0 Å². The summed E-state index contributed by atoms with van der Waals surface area (Å²) in [5.74, 6) is -0.0684. The lowest BCUT2D eigenvalue weighted by atomic mass is 10.1. The third kappa shape index (κ3) is 3.65. The van der Waals surface area contributed by atoms with Crippen molar-refractivity contribution >= 4 is 15.8 Å². The standard InChI is InChI=1S/C14H19NO4S/c1-2-14(16)11-5-3-7-13(9-11)20(17,18)15-10-12-6-4-8-19-12/h3,5,7,9,12,15H,2,4,6,8,10H2,1H3. The molecule has 0 amide bonds. The van der Waals surface area contributed by atoms with Gasteiger partial charge in [0.1, 0.15) is 0 Å². The fourth-order valence-electron chi connectivity index (χ4n) is 2.13. The van der Waals surface area contributed by atoms with Crippen LogP contribution in [-0.2, 0) is 14.8 Å². The molecule has 2 rings (SSSR count). The third-order valence-electron chi connectivity index (χ3n) is 3.31. The molecule has 1 heterocycles. The first-order valence-corrected chi connectivity index (χ1v) is 8.26. The molecule has 0 aliphatic carbocycles. The molecule has 5 nitrogen and oxygen atoms in total. The second-order valence-electron chi connectivity index (χ2n) is 4.79. The molecule has 1 unspecified atom stereocenters. The Morgan fingerprint density at radius 3 is 2.90 bits per heavy atom. The van der Waals surface area contributed by atoms with Gasteiger partial charge in [-0.1, -0.05) is 19.1 Å². The molecule has 0 radical (unpaired) electrons. The van der Waals surface area contributed by atoms with E-state index in [-0.39, 0.29) is 23.3 Å². The summed E-state index contributed by atoms with van der Waals surface area (Å²) in [4.78, 5) is 11.7. The fourth-order valence-corrected chi connectivity index (χ4v) is 3.24. The maximum atomic E-state index is 12.2. The lowest BCUT2D eigenvalue weighted by molar-refractivity contribution is 0.0988. The molecule has 1 aliphatic rings. The van der Waals surface area contributed by atoms with Gasteiger partial charge in [-0.25, -0.2) is 13.1 Å². The molecule has 110 valence electrons. The second-order valence-corrected chi connectivity index (χ2v) is 6.56. The zero-order chi connectivity index (χ0) is 14.6. The van der Waals surface area contributed by atoms with Gasteiger partial charge >= 0.3 is 0 Å². The number of carbonyl (C=O) groups excluding carboxylic acids is 1. The van der Waals surface area contributed by atoms with Gasteiger partial charge in [0, 0.05) is 25.1 Å². The summed E-state index contributed by atoms with van der Waals surface area (Å²) in [5, 5.41) is 0. The summed E-state index contributed by atoms with van der Waals surface area (Å²) in [7, 11) is -3.59. The van der Waals surface area contributed by atoms with Gasteiger partial charge in [0.15, 0.2) is 5.78 Å². The van der Waals surface area contributed by atoms with E-state index in [0.717, 1.165) is 12.8 Å². The van der Waals surface area contributed by atoms with Crippen LogP contribution in [0.2, 0.25) is 0 Å². The first kappa shape index (κ1) is 15.2. The zero-order valence-electron chi connectivity index (χ0n) is 11.5. The largest absolute Gasteiger partial charge is 0.377 e. The first-order chi connectivity index (χ1) is 9.53. The molecule has 1 saturated heterocycles. The average molecular weight is 297 g/mol. The molecular weight excluding hydrogens is 278 g/mol. The van der Waals surface area contributed by atoms with Crippen LogP contribution in [0, 0.1) is 0 Å². The van der Waals surface area contributed by atoms with Crippen molar-refractivity contribution in [2.24, 2.45) is 0 Å². The van der Waals surface area contributed by atoms with E-state index in [4.69, 9.17) is 4.74 Å². The van der Waals surface area contributed by atoms with Crippen LogP contribution < -0.4 is 4.72 Å². The van der Waals surface area contributed by atoms with E-state index in [9.17, 15) is 13.2 Å². The molecule has 0 saturated carbocycles. The molecular formula is C14H19NO4S. The van der Waals surface area contributed by atoms with Crippen molar-refractivity contribution in [1.29, 1.82) is 0 Å². The molecule has 1 atom stereocenters. The molecule has 1 fully saturated rings. The number of carbonyl (C=O) groups is 1. The van der Waals surface area contributed by atoms with Gasteiger partial charge in [0.25, 0.3) is 0 Å². The van der Waals surface area contributed by atoms with Crippen LogP contribution in [0.5, 0.6) is 0 Å². The van der Waals surface area contributed by atoms with Crippen molar-refractivity contribution in [3.63, 3.8) is 0 Å². The summed E-state index contributed by atoms with van der Waals surface area (Å²) in [5.41, 5.74) is 0.424. The van der Waals surface area contributed by atoms with E-state index in [1.807, 2.05) is 0 Å². The van der Waals surface area contributed by atoms with Crippen molar-refractivity contribution in [3.05, 3.63) is 29.8 Å². The molecule has 0 aromatic heterocycles. The highest BCUT2D eigenvalue weighted by Gasteiger charge is 2.20. The van der Waals surface area contributed by atoms with Crippen LogP contribution in [0.25, 0.3) is 0 Å². The highest BCUT2D eigenvalue weighted by atomic mass is 32.2. The number of sulfonamides is 1. The molecule has 0 bridgehead atoms. The smallest absolute Gasteiger partial charge is 0.240 e. The van der Waals surface area contributed by atoms with E-state index >= 15 is 0 Å². The predicted octanol–water partition coefficient (Wildman–Crippen LogP) is 1.74. The summed E-state index contributed by atoms with van der Waals surface area (Å²) in [6.45, 7) is 2.71. The molecule has 0 spiro atoms. The Morgan fingerprint density at radius 2 is 2.25 bits per heavy atom. The normalized spacial score (nSPS) is 19.1. The number of Topliss-reactive ketones (excluding diaryl/α,β-unsaturated/α-hetero) is 1. The quantitative estimate of drug-likeness (QED) is 0.812. The number of nitrogens with one attached hydrogen (secondary N) is 1. The minimum atomic E-state index is -3.59. The Kier molecular flexibility index (Phi) is 4.91. The van der Waals surface area contributed by atoms with Crippen LogP contribution >= 0.6 is 0 Å². The maximum Gasteiger partial charge on any atom is 0.240 e. The van der Waals surface area contributed by atoms with Crippen LogP contribution in [0.15, 0.2) is 29.2 Å². The van der Waals surface area contributed by atoms with E-state index < -0.39 is 10.0 Å². The summed E-state index contributed by atoms with van der Waals surface area (Å²) in [6.07, 6.45) is 2.14. The predicted molar refractivity (Wildman–Crippen MR) is 75.2 cm³/mol. The Morgan fingerprint density at radius 1 is 1.45 bits per heavy atom. The third-order valence-corrected chi connectivity index (χ3v) is 4.73. The van der Waals surface area contributed by atoms with Crippen molar-refractivity contribution in [1.82, 2.24) is 4.72 Å². The highest BCUT2D eigenvalue weighted by molar-refractivity contribution is 7.89. The number of ether oxygens (including phenoxy) is 1. The van der Waals surface area contributed by atoms with E-state index in [2.05, 4.69) is 4.72 Å². The van der Waals surface area contributed by atoms with Gasteiger partial charge in [-0.2, -0.15) is 0 Å². The molecule has 1 aromatic rings. The van der Waals surface area contributed by atoms with Crippen molar-refractivity contribution in [2.75, 3.05) is 13.2 Å². The SMILES string of the molecule is CCC(=O)c1cccc(S(=O)(=O)NCC2CCCO2)c1. The van der Waals surface area contributed by atoms with Crippen LogP contribution in [0.3, 0.4) is 0 Å². The lowest BCUT2D eigenvalue weighted by Crippen LogP contribution is -2.31. The van der Waals surface area contributed by atoms with Crippen molar-refractivity contribution < 1.29 is 17.9 Å². The molecule has 1 aliphatic heterocycles. The summed E-state index contributed by atoms with van der Waals surface area (Å²) in [6, 6.07) is 6.13. The molecule has 1 aromatic carbocycles. The number of ketones is 1. The monoisotopic (exact) mass is 297 g/mol. The zero-order valence-corrected chi connectivity index (χ0v) is 12.3. The lowest BCUT2D eigenvalue weighted by Gasteiger charge is -2.11. The van der Waals surface area contributed by atoms with Crippen LogP contribution in [-0.4, -0.2) is 33.5 Å². The van der Waals surface area contributed by atoms with Gasteiger partial charge in [-0.3, -0.25) is 4.79 Å². The van der Waals surface area contributed by atoms with E-state index in [1.165, 1.54) is 12.1 Å². The van der Waals surface area contributed by atoms with E-state index in [0.29, 0.717) is 18.6 Å². The van der Waals surface area contributed by atoms with Crippen LogP contribution in [0.4, 0.5) is 0 Å². The number of hydrogen-bond acceptors (Lipinski definition) is 4. The summed E-state index contributed by atoms with van der Waals surface area (Å²) >= 11 is 0. The van der Waals surface area contributed by atoms with Gasteiger partial charge in [-0.05, 0) is 25.0 Å². The summed E-state index contributed by atoms with van der Waals surface area (Å²) < 4.78 is 32.3. The minimum Gasteiger partial charge on any atom is -0.377 e. The Bertz CT molecular complexity index is 577. The number of rotatable bonds is 6. The van der Waals surface area contributed by atoms with Crippen LogP contribution in [0.1, 0.15) is 36.5 Å². The molecule has 20 heavy (non-hydrogen) atoms. The van der Waals surface area contributed by atoms with Crippen molar-refractivity contribution in [2.45, 2.75) is 37.2 Å². The second kappa shape index (κ2) is 6.47. The molecule has 1 N–H and O–H groups in total. The van der Waals surface area contributed by atoms with Crippen molar-refractivity contribution in [3.8, 4) is 0 Å². The number of hydrogen-bond donors (Lipinski definition) is 1. The first-order valence-electron chi connectivity index (χ1n) is 6.77. The Labute approximate surface area is 119 Å². The molecule has 6 heteroatoms. The van der Waals surface area contributed by atoms with Gasteiger partial charge in [0.05, 0.1) is 11.0 Å². The minimum absolute atomic E-state index is 0.0507. The highest BCUT2D eigenvalue weighted by Crippen LogP contribution is 2.15. The van der Waals surface area contributed by atoms with Gasteiger partial charge < -0.3 is 4.74 Å². The van der Waals surface area contributed by atoms with Gasteiger partial charge in [-0.15, -0.1) is 0 Å². The van der Waals surface area contributed by atoms with E-state index in [1.54, 1.807) is 19.1 Å². The average Bonchev–Trinajstić information content (AvgIpc) is 2.98. The Balaban J connectivity index is 2.10. The maximum absolute atomic E-state index is 12.2. The Hall–Kier alpha value is -1.24. The number of benzene rings is 1.